The Kier molecular flexibility index (Phi) is 2.68. The number of carboxylic acid groups (broad SMARTS) is 1. The number of primary amides is 1. The quantitative estimate of drug-likeness (QED) is 0.677. The summed E-state index contributed by atoms with van der Waals surface area (Å²) in [6.07, 6.45) is 2.68. The predicted molar refractivity (Wildman–Crippen MR) is 61.2 cm³/mol. The molecular formula is C10H9N5O3. The van der Waals surface area contributed by atoms with Gasteiger partial charge in [0.25, 0.3) is 5.91 Å². The summed E-state index contributed by atoms with van der Waals surface area (Å²) in [5.41, 5.74) is 10.6. The number of carbonyl (C=O) groups excluding carboxylic acids is 1. The minimum Gasteiger partial charge on any atom is -0.478 e. The number of aromatic nitrogens is 3. The number of hydrogen-bond donors (Lipinski definition) is 3. The average molecular weight is 247 g/mol. The van der Waals surface area contributed by atoms with Gasteiger partial charge in [0, 0.05) is 6.20 Å². The van der Waals surface area contributed by atoms with Crippen molar-refractivity contribution >= 4 is 17.7 Å². The second kappa shape index (κ2) is 4.17. The van der Waals surface area contributed by atoms with E-state index in [1.165, 1.54) is 29.2 Å². The largest absolute Gasteiger partial charge is 0.478 e. The first-order valence-corrected chi connectivity index (χ1v) is 4.83. The highest BCUT2D eigenvalue weighted by Crippen LogP contribution is 2.15. The van der Waals surface area contributed by atoms with Crippen molar-refractivity contribution in [2.45, 2.75) is 0 Å². The van der Waals surface area contributed by atoms with E-state index in [2.05, 4.69) is 10.1 Å². The van der Waals surface area contributed by atoms with Gasteiger partial charge in [-0.1, -0.05) is 0 Å². The minimum atomic E-state index is -1.17. The molecular weight excluding hydrogens is 238 g/mol. The van der Waals surface area contributed by atoms with E-state index in [1.54, 1.807) is 0 Å². The lowest BCUT2D eigenvalue weighted by molar-refractivity contribution is 0.0696. The molecule has 2 heterocycles. The first-order valence-electron chi connectivity index (χ1n) is 4.83. The Morgan fingerprint density at radius 2 is 2.11 bits per heavy atom. The van der Waals surface area contributed by atoms with Gasteiger partial charge in [-0.3, -0.25) is 4.79 Å². The van der Waals surface area contributed by atoms with Crippen LogP contribution in [0.1, 0.15) is 20.8 Å². The Labute approximate surface area is 101 Å². The minimum absolute atomic E-state index is 0.0307. The van der Waals surface area contributed by atoms with Gasteiger partial charge in [0.2, 0.25) is 0 Å². The second-order valence-electron chi connectivity index (χ2n) is 3.44. The summed E-state index contributed by atoms with van der Waals surface area (Å²) in [5.74, 6) is -1.79. The zero-order valence-corrected chi connectivity index (χ0v) is 9.07. The number of carbonyl (C=O) groups is 2. The van der Waals surface area contributed by atoms with Crippen molar-refractivity contribution in [3.8, 4) is 5.69 Å². The van der Waals surface area contributed by atoms with Crippen LogP contribution in [0, 0.1) is 0 Å². The van der Waals surface area contributed by atoms with Crippen LogP contribution in [0.4, 0.5) is 5.82 Å². The Balaban J connectivity index is 2.55. The lowest BCUT2D eigenvalue weighted by atomic mass is 10.2. The fraction of sp³-hybridized carbons (Fsp3) is 0. The lowest BCUT2D eigenvalue weighted by Crippen LogP contribution is -2.13. The molecule has 5 N–H and O–H groups in total. The molecule has 0 spiro atoms. The van der Waals surface area contributed by atoms with Crippen molar-refractivity contribution in [1.82, 2.24) is 14.8 Å². The van der Waals surface area contributed by atoms with E-state index in [-0.39, 0.29) is 22.8 Å². The van der Waals surface area contributed by atoms with Crippen LogP contribution in [0.15, 0.2) is 24.5 Å². The zero-order valence-electron chi connectivity index (χ0n) is 9.07. The molecule has 18 heavy (non-hydrogen) atoms. The summed E-state index contributed by atoms with van der Waals surface area (Å²) in [6, 6.07) is 2.59. The van der Waals surface area contributed by atoms with Crippen molar-refractivity contribution < 1.29 is 14.7 Å². The van der Waals surface area contributed by atoms with Gasteiger partial charge in [-0.2, -0.15) is 5.10 Å². The number of nitrogens with zero attached hydrogens (tertiary/aromatic N) is 3. The molecule has 0 unspecified atom stereocenters. The molecule has 0 saturated heterocycles. The maximum atomic E-state index is 11.1. The van der Waals surface area contributed by atoms with Crippen molar-refractivity contribution in [2.75, 3.05) is 5.73 Å². The van der Waals surface area contributed by atoms with Gasteiger partial charge in [-0.05, 0) is 12.1 Å². The molecule has 1 amide bonds. The van der Waals surface area contributed by atoms with Gasteiger partial charge in [-0.25, -0.2) is 14.5 Å². The van der Waals surface area contributed by atoms with E-state index in [0.717, 1.165) is 0 Å². The predicted octanol–water partition coefficient (Wildman–Crippen LogP) is -0.353. The highest BCUT2D eigenvalue weighted by atomic mass is 16.4. The van der Waals surface area contributed by atoms with E-state index in [0.29, 0.717) is 0 Å². The van der Waals surface area contributed by atoms with Crippen LogP contribution < -0.4 is 11.5 Å². The normalized spacial score (nSPS) is 10.2. The number of carboxylic acids is 1. The lowest BCUT2D eigenvalue weighted by Gasteiger charge is -2.05. The standard InChI is InChI=1S/C10H9N5O3/c11-8-3-5(10(17)18)7(4-13-8)15-2-1-6(14-15)9(12)16/h1-4H,(H2,11,13)(H2,12,16)(H,17,18). The maximum absolute atomic E-state index is 11.1. The SMILES string of the molecule is NC(=O)c1ccn(-c2cnc(N)cc2C(=O)O)n1. The molecule has 0 fully saturated rings. The molecule has 92 valence electrons. The number of pyridine rings is 1. The van der Waals surface area contributed by atoms with Crippen LogP contribution in [-0.4, -0.2) is 31.7 Å². The summed E-state index contributed by atoms with van der Waals surface area (Å²) < 4.78 is 1.20. The molecule has 0 radical (unpaired) electrons. The molecule has 0 aliphatic heterocycles. The number of nitrogens with two attached hydrogens (primary N) is 2. The third-order valence-corrected chi connectivity index (χ3v) is 2.22. The first-order chi connectivity index (χ1) is 8.49. The van der Waals surface area contributed by atoms with Crippen LogP contribution in [-0.2, 0) is 0 Å². The van der Waals surface area contributed by atoms with Crippen molar-refractivity contribution in [1.29, 1.82) is 0 Å². The number of aromatic carboxylic acids is 1. The van der Waals surface area contributed by atoms with Gasteiger partial charge in [0.05, 0.1) is 17.4 Å². The molecule has 2 rings (SSSR count). The molecule has 0 bridgehead atoms. The summed E-state index contributed by atoms with van der Waals surface area (Å²) in [4.78, 5) is 25.8. The van der Waals surface area contributed by atoms with E-state index >= 15 is 0 Å². The molecule has 8 nitrogen and oxygen atoms in total. The van der Waals surface area contributed by atoms with Gasteiger partial charge >= 0.3 is 5.97 Å². The van der Waals surface area contributed by atoms with Gasteiger partial charge < -0.3 is 16.6 Å². The fourth-order valence-electron chi connectivity index (χ4n) is 1.41. The van der Waals surface area contributed by atoms with Gasteiger partial charge in [-0.15, -0.1) is 0 Å². The number of amides is 1. The number of rotatable bonds is 3. The number of nitrogen functional groups attached to an aromatic ring is 1. The Hall–Kier alpha value is -2.90. The highest BCUT2D eigenvalue weighted by molar-refractivity contribution is 5.93. The molecule has 0 atom stereocenters. The summed E-state index contributed by atoms with van der Waals surface area (Å²) in [6.45, 7) is 0. The van der Waals surface area contributed by atoms with Crippen LogP contribution in [0.2, 0.25) is 0 Å². The maximum Gasteiger partial charge on any atom is 0.338 e. The van der Waals surface area contributed by atoms with Crippen molar-refractivity contribution in [3.05, 3.63) is 35.8 Å². The number of hydrogen-bond acceptors (Lipinski definition) is 5. The van der Waals surface area contributed by atoms with E-state index in [1.807, 2.05) is 0 Å². The van der Waals surface area contributed by atoms with Gasteiger partial charge in [0.15, 0.2) is 0 Å². The molecule has 2 aromatic rings. The topological polar surface area (TPSA) is 137 Å². The Morgan fingerprint density at radius 3 is 2.67 bits per heavy atom. The molecule has 0 aliphatic carbocycles. The molecule has 0 aromatic carbocycles. The molecule has 0 saturated carbocycles. The Morgan fingerprint density at radius 1 is 1.39 bits per heavy atom. The van der Waals surface area contributed by atoms with Gasteiger partial charge in [0.1, 0.15) is 11.5 Å². The van der Waals surface area contributed by atoms with Crippen LogP contribution in [0.3, 0.4) is 0 Å². The third kappa shape index (κ3) is 1.98. The Bertz CT molecular complexity index is 634. The monoisotopic (exact) mass is 247 g/mol. The third-order valence-electron chi connectivity index (χ3n) is 2.22. The number of anilines is 1. The van der Waals surface area contributed by atoms with Crippen molar-refractivity contribution in [2.24, 2.45) is 5.73 Å². The molecule has 2 aromatic heterocycles. The van der Waals surface area contributed by atoms with Crippen molar-refractivity contribution in [3.63, 3.8) is 0 Å². The zero-order chi connectivity index (χ0) is 13.3. The smallest absolute Gasteiger partial charge is 0.338 e. The summed E-state index contributed by atoms with van der Waals surface area (Å²) >= 11 is 0. The second-order valence-corrected chi connectivity index (χ2v) is 3.44. The molecule has 8 heteroatoms. The average Bonchev–Trinajstić information content (AvgIpc) is 2.78. The van der Waals surface area contributed by atoms with Crippen LogP contribution in [0.5, 0.6) is 0 Å². The van der Waals surface area contributed by atoms with E-state index in [9.17, 15) is 9.59 Å². The van der Waals surface area contributed by atoms with Crippen LogP contribution >= 0.6 is 0 Å². The highest BCUT2D eigenvalue weighted by Gasteiger charge is 2.15. The molecule has 0 aliphatic rings. The summed E-state index contributed by atoms with van der Waals surface area (Å²) in [5, 5.41) is 12.9. The summed E-state index contributed by atoms with van der Waals surface area (Å²) in [7, 11) is 0. The van der Waals surface area contributed by atoms with E-state index in [4.69, 9.17) is 16.6 Å². The van der Waals surface area contributed by atoms with Crippen LogP contribution in [0.25, 0.3) is 5.69 Å². The van der Waals surface area contributed by atoms with E-state index < -0.39 is 11.9 Å². The first kappa shape index (κ1) is 11.6. The fourth-order valence-corrected chi connectivity index (χ4v) is 1.41.